The van der Waals surface area contributed by atoms with Crippen LogP contribution in [0.15, 0.2) is 24.4 Å². The molecule has 1 amide bonds. The molecule has 1 aromatic rings. The number of pyridine rings is 1. The number of carbonyl (C=O) groups is 1. The standard InChI is InChI=1S/C13H20N4O/c18-13(11-12-3-1-2-4-15-12)16-7-10-17-8-5-14-6-9-17/h1-4,14H,5-11H2,(H,16,18). The summed E-state index contributed by atoms with van der Waals surface area (Å²) in [5.41, 5.74) is 0.817. The predicted molar refractivity (Wildman–Crippen MR) is 70.3 cm³/mol. The highest BCUT2D eigenvalue weighted by molar-refractivity contribution is 5.78. The number of nitrogens with one attached hydrogen (secondary N) is 2. The van der Waals surface area contributed by atoms with Crippen molar-refractivity contribution in [3.63, 3.8) is 0 Å². The summed E-state index contributed by atoms with van der Waals surface area (Å²) < 4.78 is 0. The number of aromatic nitrogens is 1. The number of carbonyl (C=O) groups excluding carboxylic acids is 1. The van der Waals surface area contributed by atoms with Gasteiger partial charge in [0.2, 0.25) is 5.91 Å². The van der Waals surface area contributed by atoms with Crippen LogP contribution in [0.2, 0.25) is 0 Å². The smallest absolute Gasteiger partial charge is 0.226 e. The van der Waals surface area contributed by atoms with Crippen molar-refractivity contribution >= 4 is 5.91 Å². The molecule has 0 atom stereocenters. The highest BCUT2D eigenvalue weighted by atomic mass is 16.1. The van der Waals surface area contributed by atoms with Crippen molar-refractivity contribution in [1.82, 2.24) is 20.5 Å². The monoisotopic (exact) mass is 248 g/mol. The number of nitrogens with zero attached hydrogens (tertiary/aromatic N) is 2. The van der Waals surface area contributed by atoms with Crippen molar-refractivity contribution in [2.24, 2.45) is 0 Å². The first-order valence-corrected chi connectivity index (χ1v) is 6.44. The molecule has 1 aromatic heterocycles. The molecule has 1 saturated heterocycles. The molecule has 18 heavy (non-hydrogen) atoms. The molecule has 2 rings (SSSR count). The number of hydrogen-bond donors (Lipinski definition) is 2. The lowest BCUT2D eigenvalue weighted by Gasteiger charge is -2.27. The molecule has 5 nitrogen and oxygen atoms in total. The first kappa shape index (κ1) is 13.0. The molecule has 0 unspecified atom stereocenters. The third-order valence-electron chi connectivity index (χ3n) is 3.03. The van der Waals surface area contributed by atoms with Crippen LogP contribution in [0.1, 0.15) is 5.69 Å². The Balaban J connectivity index is 1.62. The van der Waals surface area contributed by atoms with E-state index >= 15 is 0 Å². The van der Waals surface area contributed by atoms with Gasteiger partial charge in [-0.2, -0.15) is 0 Å². The minimum absolute atomic E-state index is 0.0452. The zero-order valence-corrected chi connectivity index (χ0v) is 10.6. The van der Waals surface area contributed by atoms with Crippen LogP contribution in [0, 0.1) is 0 Å². The minimum atomic E-state index is 0.0452. The quantitative estimate of drug-likeness (QED) is 0.747. The summed E-state index contributed by atoms with van der Waals surface area (Å²) in [7, 11) is 0. The van der Waals surface area contributed by atoms with Crippen LogP contribution in [-0.4, -0.2) is 55.1 Å². The summed E-state index contributed by atoms with van der Waals surface area (Å²) in [4.78, 5) is 18.2. The molecule has 2 N–H and O–H groups in total. The van der Waals surface area contributed by atoms with Crippen molar-refractivity contribution in [3.8, 4) is 0 Å². The number of amides is 1. The van der Waals surface area contributed by atoms with E-state index in [1.807, 2.05) is 18.2 Å². The average molecular weight is 248 g/mol. The molecule has 98 valence electrons. The third-order valence-corrected chi connectivity index (χ3v) is 3.03. The molecular weight excluding hydrogens is 228 g/mol. The summed E-state index contributed by atoms with van der Waals surface area (Å²) in [5.74, 6) is 0.0452. The van der Waals surface area contributed by atoms with Gasteiger partial charge in [-0.25, -0.2) is 0 Å². The van der Waals surface area contributed by atoms with Gasteiger partial charge in [-0.1, -0.05) is 6.07 Å². The van der Waals surface area contributed by atoms with E-state index in [4.69, 9.17) is 0 Å². The van der Waals surface area contributed by atoms with Gasteiger partial charge < -0.3 is 10.6 Å². The Labute approximate surface area is 108 Å². The maximum absolute atomic E-state index is 11.7. The van der Waals surface area contributed by atoms with Gasteiger partial charge >= 0.3 is 0 Å². The van der Waals surface area contributed by atoms with Crippen LogP contribution in [0.5, 0.6) is 0 Å². The molecule has 0 aliphatic carbocycles. The fourth-order valence-corrected chi connectivity index (χ4v) is 2.02. The van der Waals surface area contributed by atoms with E-state index in [9.17, 15) is 4.79 Å². The van der Waals surface area contributed by atoms with Crippen LogP contribution in [-0.2, 0) is 11.2 Å². The maximum atomic E-state index is 11.7. The first-order valence-electron chi connectivity index (χ1n) is 6.44. The zero-order valence-electron chi connectivity index (χ0n) is 10.6. The van der Waals surface area contributed by atoms with E-state index in [0.29, 0.717) is 13.0 Å². The Morgan fingerprint density at radius 2 is 2.22 bits per heavy atom. The van der Waals surface area contributed by atoms with Crippen LogP contribution in [0.25, 0.3) is 0 Å². The zero-order chi connectivity index (χ0) is 12.6. The van der Waals surface area contributed by atoms with Crippen molar-refractivity contribution in [1.29, 1.82) is 0 Å². The lowest BCUT2D eigenvalue weighted by molar-refractivity contribution is -0.120. The van der Waals surface area contributed by atoms with E-state index in [1.54, 1.807) is 6.20 Å². The predicted octanol–water partition coefficient (Wildman–Crippen LogP) is -0.354. The third kappa shape index (κ3) is 4.43. The lowest BCUT2D eigenvalue weighted by Crippen LogP contribution is -2.46. The van der Waals surface area contributed by atoms with Gasteiger partial charge in [0.1, 0.15) is 0 Å². The largest absolute Gasteiger partial charge is 0.354 e. The van der Waals surface area contributed by atoms with Crippen molar-refractivity contribution < 1.29 is 4.79 Å². The van der Waals surface area contributed by atoms with Crippen molar-refractivity contribution in [3.05, 3.63) is 30.1 Å². The van der Waals surface area contributed by atoms with E-state index in [1.165, 1.54) is 0 Å². The SMILES string of the molecule is O=C(Cc1ccccn1)NCCN1CCNCC1. The van der Waals surface area contributed by atoms with Gasteiger partial charge in [-0.3, -0.25) is 14.7 Å². The molecule has 0 spiro atoms. The summed E-state index contributed by atoms with van der Waals surface area (Å²) in [6.07, 6.45) is 2.08. The van der Waals surface area contributed by atoms with E-state index in [2.05, 4.69) is 20.5 Å². The van der Waals surface area contributed by atoms with E-state index in [0.717, 1.165) is 38.4 Å². The topological polar surface area (TPSA) is 57.3 Å². The first-order chi connectivity index (χ1) is 8.84. The number of rotatable bonds is 5. The fraction of sp³-hybridized carbons (Fsp3) is 0.538. The van der Waals surface area contributed by atoms with Gasteiger partial charge in [0.05, 0.1) is 6.42 Å². The summed E-state index contributed by atoms with van der Waals surface area (Å²) in [6.45, 7) is 5.86. The second-order valence-electron chi connectivity index (χ2n) is 4.44. The molecule has 0 aromatic carbocycles. The second-order valence-corrected chi connectivity index (χ2v) is 4.44. The number of hydrogen-bond acceptors (Lipinski definition) is 4. The molecule has 0 bridgehead atoms. The Morgan fingerprint density at radius 1 is 1.39 bits per heavy atom. The summed E-state index contributed by atoms with van der Waals surface area (Å²) >= 11 is 0. The van der Waals surface area contributed by atoms with Gasteiger partial charge in [0.15, 0.2) is 0 Å². The molecule has 2 heterocycles. The fourth-order valence-electron chi connectivity index (χ4n) is 2.02. The molecule has 5 heteroatoms. The average Bonchev–Trinajstić information content (AvgIpc) is 2.41. The van der Waals surface area contributed by atoms with Crippen molar-refractivity contribution in [2.75, 3.05) is 39.3 Å². The Morgan fingerprint density at radius 3 is 2.94 bits per heavy atom. The maximum Gasteiger partial charge on any atom is 0.226 e. The lowest BCUT2D eigenvalue weighted by atomic mass is 10.2. The second kappa shape index (κ2) is 7.08. The summed E-state index contributed by atoms with van der Waals surface area (Å²) in [5, 5.41) is 6.25. The van der Waals surface area contributed by atoms with Gasteiger partial charge in [0.25, 0.3) is 0 Å². The Hall–Kier alpha value is -1.46. The van der Waals surface area contributed by atoms with Crippen LogP contribution in [0.3, 0.4) is 0 Å². The normalized spacial score (nSPS) is 16.4. The molecular formula is C13H20N4O. The van der Waals surface area contributed by atoms with Gasteiger partial charge in [-0.05, 0) is 12.1 Å². The highest BCUT2D eigenvalue weighted by Crippen LogP contribution is 1.94. The van der Waals surface area contributed by atoms with E-state index < -0.39 is 0 Å². The highest BCUT2D eigenvalue weighted by Gasteiger charge is 2.09. The Kier molecular flexibility index (Phi) is 5.11. The molecule has 1 fully saturated rings. The molecule has 1 aliphatic rings. The molecule has 0 saturated carbocycles. The van der Waals surface area contributed by atoms with E-state index in [-0.39, 0.29) is 5.91 Å². The van der Waals surface area contributed by atoms with Gasteiger partial charge in [0, 0.05) is 51.2 Å². The number of piperazine rings is 1. The van der Waals surface area contributed by atoms with Gasteiger partial charge in [-0.15, -0.1) is 0 Å². The molecule has 1 aliphatic heterocycles. The summed E-state index contributed by atoms with van der Waals surface area (Å²) in [6, 6.07) is 5.62. The minimum Gasteiger partial charge on any atom is -0.354 e. The van der Waals surface area contributed by atoms with Crippen molar-refractivity contribution in [2.45, 2.75) is 6.42 Å². The molecule has 0 radical (unpaired) electrons. The van der Waals surface area contributed by atoms with Crippen LogP contribution < -0.4 is 10.6 Å². The van der Waals surface area contributed by atoms with Crippen LogP contribution >= 0.6 is 0 Å². The van der Waals surface area contributed by atoms with Crippen LogP contribution in [0.4, 0.5) is 0 Å². The Bertz CT molecular complexity index is 363.